The second-order valence-electron chi connectivity index (χ2n) is 5.98. The van der Waals surface area contributed by atoms with Gasteiger partial charge in [0, 0.05) is 19.1 Å². The minimum absolute atomic E-state index is 0.0248. The zero-order chi connectivity index (χ0) is 20.5. The van der Waals surface area contributed by atoms with Crippen LogP contribution in [-0.2, 0) is 4.79 Å². The van der Waals surface area contributed by atoms with Crippen molar-refractivity contribution < 1.29 is 14.5 Å². The van der Waals surface area contributed by atoms with E-state index in [9.17, 15) is 19.7 Å². The number of rotatable bonds is 4. The topological polar surface area (TPSA) is 117 Å². The monoisotopic (exact) mass is 408 g/mol. The Labute approximate surface area is 166 Å². The number of carbonyl (C=O) groups excluding carboxylic acids is 1. The number of aromatic nitrogens is 3. The minimum Gasteiger partial charge on any atom is -0.426 e. The number of para-hydroxylation sites is 1. The number of carbonyl (C=O) groups is 1. The standard InChI is InChI=1S/C19H12N4O5S/c1-11(24)28-15-5-3-2-4-14(15)17-20-19-22(21-17)18(25)16(29-19)10-12-6-8-13(9-7-12)23(26)27/h2-10H,1H3. The number of nitro benzene ring substituents is 1. The van der Waals surface area contributed by atoms with Gasteiger partial charge in [0.15, 0.2) is 5.82 Å². The third-order valence-electron chi connectivity index (χ3n) is 3.97. The SMILES string of the molecule is CC(=O)Oc1ccccc1-c1nc2sc(=Cc3ccc([N+](=O)[O-])cc3)c(=O)n2n1. The van der Waals surface area contributed by atoms with E-state index in [2.05, 4.69) is 10.1 Å². The van der Waals surface area contributed by atoms with Crippen LogP contribution in [0.2, 0.25) is 0 Å². The number of fused-ring (bicyclic) bond motifs is 1. The van der Waals surface area contributed by atoms with E-state index in [1.807, 2.05) is 0 Å². The molecule has 0 spiro atoms. The Bertz CT molecular complexity index is 1360. The van der Waals surface area contributed by atoms with E-state index in [1.54, 1.807) is 42.5 Å². The van der Waals surface area contributed by atoms with E-state index in [1.165, 1.54) is 23.6 Å². The number of hydrogen-bond acceptors (Lipinski definition) is 8. The van der Waals surface area contributed by atoms with E-state index in [4.69, 9.17) is 4.74 Å². The molecular weight excluding hydrogens is 396 g/mol. The Kier molecular flexibility index (Phi) is 4.61. The van der Waals surface area contributed by atoms with E-state index in [0.717, 1.165) is 11.3 Å². The summed E-state index contributed by atoms with van der Waals surface area (Å²) >= 11 is 1.14. The van der Waals surface area contributed by atoms with Gasteiger partial charge in [0.05, 0.1) is 15.0 Å². The molecule has 0 bridgehead atoms. The first-order chi connectivity index (χ1) is 13.9. The van der Waals surface area contributed by atoms with E-state index in [0.29, 0.717) is 26.4 Å². The smallest absolute Gasteiger partial charge is 0.308 e. The lowest BCUT2D eigenvalue weighted by Gasteiger charge is -2.04. The van der Waals surface area contributed by atoms with Crippen LogP contribution in [0, 0.1) is 10.1 Å². The van der Waals surface area contributed by atoms with E-state index in [-0.39, 0.29) is 17.1 Å². The summed E-state index contributed by atoms with van der Waals surface area (Å²) in [5.41, 5.74) is 0.770. The first kappa shape index (κ1) is 18.4. The second kappa shape index (κ2) is 7.24. The molecule has 2 heterocycles. The van der Waals surface area contributed by atoms with E-state index >= 15 is 0 Å². The molecule has 0 aliphatic rings. The number of hydrogen-bond donors (Lipinski definition) is 0. The quantitative estimate of drug-likeness (QED) is 0.220. The summed E-state index contributed by atoms with van der Waals surface area (Å²) in [5.74, 6) is 0.110. The average molecular weight is 408 g/mol. The van der Waals surface area contributed by atoms with Gasteiger partial charge in [-0.05, 0) is 35.9 Å². The van der Waals surface area contributed by atoms with Crippen molar-refractivity contribution in [2.24, 2.45) is 0 Å². The molecule has 0 saturated carbocycles. The van der Waals surface area contributed by atoms with Gasteiger partial charge in [-0.2, -0.15) is 9.50 Å². The first-order valence-electron chi connectivity index (χ1n) is 8.36. The molecule has 0 amide bonds. The molecule has 0 atom stereocenters. The highest BCUT2D eigenvalue weighted by Gasteiger charge is 2.16. The lowest BCUT2D eigenvalue weighted by atomic mass is 10.2. The van der Waals surface area contributed by atoms with Gasteiger partial charge in [-0.15, -0.1) is 5.10 Å². The summed E-state index contributed by atoms with van der Waals surface area (Å²) in [6.07, 6.45) is 1.62. The number of nitrogens with zero attached hydrogens (tertiary/aromatic N) is 4. The maximum atomic E-state index is 12.7. The molecule has 4 aromatic rings. The molecule has 0 fully saturated rings. The predicted molar refractivity (Wildman–Crippen MR) is 106 cm³/mol. The molecule has 4 rings (SSSR count). The van der Waals surface area contributed by atoms with Crippen LogP contribution in [0.1, 0.15) is 12.5 Å². The van der Waals surface area contributed by atoms with Crippen LogP contribution in [0.4, 0.5) is 5.69 Å². The summed E-state index contributed by atoms with van der Waals surface area (Å²) < 4.78 is 6.75. The van der Waals surface area contributed by atoms with Crippen molar-refractivity contribution >= 4 is 34.0 Å². The predicted octanol–water partition coefficient (Wildman–Crippen LogP) is 2.20. The maximum absolute atomic E-state index is 12.7. The number of ether oxygens (including phenoxy) is 1. The lowest BCUT2D eigenvalue weighted by Crippen LogP contribution is -2.23. The summed E-state index contributed by atoms with van der Waals surface area (Å²) in [5, 5.41) is 15.0. The molecule has 2 aromatic heterocycles. The van der Waals surface area contributed by atoms with Crippen molar-refractivity contribution in [3.05, 3.63) is 79.1 Å². The molecule has 9 nitrogen and oxygen atoms in total. The molecule has 144 valence electrons. The van der Waals surface area contributed by atoms with Crippen molar-refractivity contribution in [3.63, 3.8) is 0 Å². The first-order valence-corrected chi connectivity index (χ1v) is 9.17. The van der Waals surface area contributed by atoms with Crippen molar-refractivity contribution in [2.45, 2.75) is 6.92 Å². The van der Waals surface area contributed by atoms with Gasteiger partial charge in [0.25, 0.3) is 11.2 Å². The number of nitro groups is 1. The Balaban J connectivity index is 1.75. The van der Waals surface area contributed by atoms with Gasteiger partial charge in [-0.1, -0.05) is 23.5 Å². The second-order valence-corrected chi connectivity index (χ2v) is 6.99. The Morgan fingerprint density at radius 2 is 1.93 bits per heavy atom. The van der Waals surface area contributed by atoms with Crippen LogP contribution in [-0.4, -0.2) is 25.5 Å². The van der Waals surface area contributed by atoms with Crippen molar-refractivity contribution in [1.82, 2.24) is 14.6 Å². The highest BCUT2D eigenvalue weighted by Crippen LogP contribution is 2.27. The fraction of sp³-hybridized carbons (Fsp3) is 0.0526. The van der Waals surface area contributed by atoms with Crippen LogP contribution in [0.15, 0.2) is 53.3 Å². The maximum Gasteiger partial charge on any atom is 0.308 e. The minimum atomic E-state index is -0.485. The van der Waals surface area contributed by atoms with Crippen LogP contribution in [0.5, 0.6) is 5.75 Å². The van der Waals surface area contributed by atoms with Gasteiger partial charge in [-0.25, -0.2) is 0 Å². The van der Waals surface area contributed by atoms with Gasteiger partial charge >= 0.3 is 5.97 Å². The van der Waals surface area contributed by atoms with Crippen molar-refractivity contribution in [3.8, 4) is 17.1 Å². The molecule has 0 saturated heterocycles. The summed E-state index contributed by atoms with van der Waals surface area (Å²) in [7, 11) is 0. The molecule has 29 heavy (non-hydrogen) atoms. The number of benzene rings is 2. The van der Waals surface area contributed by atoms with E-state index < -0.39 is 10.9 Å². The molecule has 10 heteroatoms. The highest BCUT2D eigenvalue weighted by atomic mass is 32.1. The zero-order valence-electron chi connectivity index (χ0n) is 14.9. The summed E-state index contributed by atoms with van der Waals surface area (Å²) in [4.78, 5) is 39.0. The molecule has 0 N–H and O–H groups in total. The van der Waals surface area contributed by atoms with Crippen LogP contribution >= 0.6 is 11.3 Å². The van der Waals surface area contributed by atoms with Crippen molar-refractivity contribution in [2.75, 3.05) is 0 Å². The molecule has 0 aliphatic carbocycles. The Morgan fingerprint density at radius 3 is 2.59 bits per heavy atom. The van der Waals surface area contributed by atoms with Crippen molar-refractivity contribution in [1.29, 1.82) is 0 Å². The Hall–Kier alpha value is -3.92. The molecule has 0 radical (unpaired) electrons. The summed E-state index contributed by atoms with van der Waals surface area (Å²) in [6.45, 7) is 1.30. The summed E-state index contributed by atoms with van der Waals surface area (Å²) in [6, 6.07) is 12.7. The zero-order valence-corrected chi connectivity index (χ0v) is 15.8. The van der Waals surface area contributed by atoms with Gasteiger partial charge in [0.2, 0.25) is 4.96 Å². The van der Waals surface area contributed by atoms with Gasteiger partial charge in [-0.3, -0.25) is 19.7 Å². The van der Waals surface area contributed by atoms with Gasteiger partial charge < -0.3 is 4.74 Å². The number of thiazole rings is 1. The highest BCUT2D eigenvalue weighted by molar-refractivity contribution is 7.15. The molecule has 2 aromatic carbocycles. The Morgan fingerprint density at radius 1 is 1.21 bits per heavy atom. The average Bonchev–Trinajstić information content (AvgIpc) is 3.22. The van der Waals surface area contributed by atoms with Gasteiger partial charge in [0.1, 0.15) is 5.75 Å². The number of non-ortho nitro benzene ring substituents is 1. The fourth-order valence-corrected chi connectivity index (χ4v) is 3.59. The largest absolute Gasteiger partial charge is 0.426 e. The van der Waals surface area contributed by atoms with Crippen LogP contribution in [0.25, 0.3) is 22.4 Å². The number of esters is 1. The molecular formula is C19H12N4O5S. The molecule has 0 unspecified atom stereocenters. The fourth-order valence-electron chi connectivity index (χ4n) is 2.69. The molecule has 0 aliphatic heterocycles. The third-order valence-corrected chi connectivity index (χ3v) is 4.92. The van der Waals surface area contributed by atoms with Crippen LogP contribution in [0.3, 0.4) is 0 Å². The van der Waals surface area contributed by atoms with Crippen LogP contribution < -0.4 is 14.8 Å². The normalized spacial score (nSPS) is 11.7. The third kappa shape index (κ3) is 3.60. The lowest BCUT2D eigenvalue weighted by molar-refractivity contribution is -0.384.